The first-order valence-corrected chi connectivity index (χ1v) is 9.07. The van der Waals surface area contributed by atoms with E-state index in [1.807, 2.05) is 31.2 Å². The maximum Gasteiger partial charge on any atom is 0.251 e. The molecule has 138 valence electrons. The summed E-state index contributed by atoms with van der Waals surface area (Å²) in [6.07, 6.45) is 0.692. The number of guanidine groups is 1. The van der Waals surface area contributed by atoms with Crippen LogP contribution >= 0.6 is 23.2 Å². The second kappa shape index (κ2) is 10.0. The van der Waals surface area contributed by atoms with Crippen LogP contribution in [0.1, 0.15) is 35.3 Å². The summed E-state index contributed by atoms with van der Waals surface area (Å²) in [5, 5.41) is 7.11. The van der Waals surface area contributed by atoms with E-state index in [4.69, 9.17) is 28.9 Å². The second-order valence-electron chi connectivity index (χ2n) is 5.77. The molecule has 0 aliphatic rings. The third-order valence-corrected chi connectivity index (χ3v) is 4.29. The molecular weight excluding hydrogens is 371 g/mol. The maximum atomic E-state index is 11.9. The standard InChI is InChI=1S/C19H22Cl2N4O/c1-13(16-9-8-15(20)12-17(16)21)25-19(22)24-11-5-10-23-18(26)14-6-3-2-4-7-14/h2-4,6-9,12-13H,5,10-11H2,1H3,(H,23,26)(H3,22,24,25). The molecule has 0 radical (unpaired) electrons. The molecule has 1 amide bonds. The number of rotatable bonds is 7. The highest BCUT2D eigenvalue weighted by Crippen LogP contribution is 2.25. The average molecular weight is 393 g/mol. The lowest BCUT2D eigenvalue weighted by molar-refractivity contribution is 0.0953. The van der Waals surface area contributed by atoms with Gasteiger partial charge in [-0.25, -0.2) is 0 Å². The van der Waals surface area contributed by atoms with E-state index in [9.17, 15) is 4.79 Å². The fraction of sp³-hybridized carbons (Fsp3) is 0.263. The zero-order chi connectivity index (χ0) is 18.9. The molecule has 2 aromatic carbocycles. The summed E-state index contributed by atoms with van der Waals surface area (Å²) in [6, 6.07) is 14.3. The van der Waals surface area contributed by atoms with Crippen molar-refractivity contribution in [3.63, 3.8) is 0 Å². The van der Waals surface area contributed by atoms with Gasteiger partial charge in [-0.3, -0.25) is 9.79 Å². The van der Waals surface area contributed by atoms with E-state index in [0.717, 1.165) is 5.56 Å². The lowest BCUT2D eigenvalue weighted by Crippen LogP contribution is -2.34. The molecule has 5 nitrogen and oxygen atoms in total. The summed E-state index contributed by atoms with van der Waals surface area (Å²) >= 11 is 12.1. The summed E-state index contributed by atoms with van der Waals surface area (Å²) in [5.41, 5.74) is 7.44. The van der Waals surface area contributed by atoms with Gasteiger partial charge in [-0.1, -0.05) is 47.5 Å². The molecule has 0 spiro atoms. The van der Waals surface area contributed by atoms with Crippen molar-refractivity contribution in [3.05, 3.63) is 69.7 Å². The van der Waals surface area contributed by atoms with Crippen molar-refractivity contribution in [3.8, 4) is 0 Å². The van der Waals surface area contributed by atoms with Gasteiger partial charge >= 0.3 is 0 Å². The smallest absolute Gasteiger partial charge is 0.251 e. The number of nitrogens with zero attached hydrogens (tertiary/aromatic N) is 1. The Morgan fingerprint density at radius 2 is 1.92 bits per heavy atom. The third-order valence-electron chi connectivity index (χ3n) is 3.73. The first-order chi connectivity index (χ1) is 12.5. The van der Waals surface area contributed by atoms with Gasteiger partial charge in [0.05, 0.1) is 6.04 Å². The minimum absolute atomic E-state index is 0.0910. The lowest BCUT2D eigenvalue weighted by atomic mass is 10.1. The molecule has 7 heteroatoms. The Kier molecular flexibility index (Phi) is 7.75. The van der Waals surface area contributed by atoms with Gasteiger partial charge in [-0.15, -0.1) is 0 Å². The maximum absolute atomic E-state index is 11.9. The average Bonchev–Trinajstić information content (AvgIpc) is 2.61. The van der Waals surface area contributed by atoms with Crippen LogP contribution in [0.5, 0.6) is 0 Å². The van der Waals surface area contributed by atoms with Crippen molar-refractivity contribution in [2.45, 2.75) is 19.4 Å². The zero-order valence-corrected chi connectivity index (χ0v) is 16.0. The number of nitrogens with two attached hydrogens (primary N) is 1. The first-order valence-electron chi connectivity index (χ1n) is 8.32. The Balaban J connectivity index is 1.73. The van der Waals surface area contributed by atoms with Gasteiger partial charge < -0.3 is 16.4 Å². The summed E-state index contributed by atoms with van der Waals surface area (Å²) in [4.78, 5) is 16.2. The molecule has 0 saturated carbocycles. The highest BCUT2D eigenvalue weighted by Gasteiger charge is 2.10. The minimum Gasteiger partial charge on any atom is -0.370 e. The molecule has 0 bridgehead atoms. The monoisotopic (exact) mass is 392 g/mol. The van der Waals surface area contributed by atoms with E-state index in [0.29, 0.717) is 41.1 Å². The molecule has 26 heavy (non-hydrogen) atoms. The number of benzene rings is 2. The SMILES string of the molecule is CC(NC(N)=NCCCNC(=O)c1ccccc1)c1ccc(Cl)cc1Cl. The number of amides is 1. The van der Waals surface area contributed by atoms with E-state index in [1.54, 1.807) is 24.3 Å². The van der Waals surface area contributed by atoms with Crippen molar-refractivity contribution in [1.82, 2.24) is 10.6 Å². The predicted octanol–water partition coefficient (Wildman–Crippen LogP) is 3.78. The molecule has 0 aliphatic heterocycles. The Bertz CT molecular complexity index is 765. The van der Waals surface area contributed by atoms with E-state index < -0.39 is 0 Å². The topological polar surface area (TPSA) is 79.5 Å². The van der Waals surface area contributed by atoms with Crippen LogP contribution in [0.3, 0.4) is 0 Å². The Morgan fingerprint density at radius 3 is 2.62 bits per heavy atom. The van der Waals surface area contributed by atoms with Gasteiger partial charge in [0.2, 0.25) is 0 Å². The largest absolute Gasteiger partial charge is 0.370 e. The van der Waals surface area contributed by atoms with Gasteiger partial charge in [-0.05, 0) is 43.2 Å². The molecule has 0 heterocycles. The van der Waals surface area contributed by atoms with Crippen molar-refractivity contribution in [2.75, 3.05) is 13.1 Å². The van der Waals surface area contributed by atoms with Gasteiger partial charge in [0, 0.05) is 28.7 Å². The Hall–Kier alpha value is -2.24. The molecule has 4 N–H and O–H groups in total. The quantitative estimate of drug-likeness (QED) is 0.381. The van der Waals surface area contributed by atoms with Crippen LogP contribution in [0, 0.1) is 0 Å². The molecule has 1 atom stereocenters. The van der Waals surface area contributed by atoms with Crippen LogP contribution < -0.4 is 16.4 Å². The molecule has 0 aliphatic carbocycles. The first kappa shape index (κ1) is 20.1. The lowest BCUT2D eigenvalue weighted by Gasteiger charge is -2.16. The molecular formula is C19H22Cl2N4O. The van der Waals surface area contributed by atoms with Crippen molar-refractivity contribution in [2.24, 2.45) is 10.7 Å². The second-order valence-corrected chi connectivity index (χ2v) is 6.62. The van der Waals surface area contributed by atoms with E-state index >= 15 is 0 Å². The molecule has 1 unspecified atom stereocenters. The van der Waals surface area contributed by atoms with Crippen LogP contribution in [0.15, 0.2) is 53.5 Å². The Labute approximate surface area is 163 Å². The fourth-order valence-corrected chi connectivity index (χ4v) is 2.94. The highest BCUT2D eigenvalue weighted by atomic mass is 35.5. The summed E-state index contributed by atoms with van der Waals surface area (Å²) in [5.74, 6) is 0.240. The van der Waals surface area contributed by atoms with Gasteiger partial charge in [-0.2, -0.15) is 0 Å². The number of carbonyl (C=O) groups is 1. The summed E-state index contributed by atoms with van der Waals surface area (Å²) in [7, 11) is 0. The number of halogens is 2. The van der Waals surface area contributed by atoms with Crippen LogP contribution in [-0.2, 0) is 0 Å². The van der Waals surface area contributed by atoms with Crippen LogP contribution in [0.2, 0.25) is 10.0 Å². The number of aliphatic imine (C=N–C) groups is 1. The molecule has 0 saturated heterocycles. The van der Waals surface area contributed by atoms with Crippen molar-refractivity contribution >= 4 is 35.1 Å². The normalized spacial score (nSPS) is 12.5. The number of carbonyl (C=O) groups excluding carboxylic acids is 1. The van der Waals surface area contributed by atoms with Gasteiger partial charge in [0.15, 0.2) is 5.96 Å². The van der Waals surface area contributed by atoms with Crippen LogP contribution in [0.25, 0.3) is 0 Å². The minimum atomic E-state index is -0.0960. The Morgan fingerprint density at radius 1 is 1.19 bits per heavy atom. The molecule has 2 rings (SSSR count). The van der Waals surface area contributed by atoms with E-state index in [2.05, 4.69) is 15.6 Å². The number of hydrogen-bond donors (Lipinski definition) is 3. The summed E-state index contributed by atoms with van der Waals surface area (Å²) in [6.45, 7) is 2.98. The van der Waals surface area contributed by atoms with E-state index in [-0.39, 0.29) is 11.9 Å². The fourth-order valence-electron chi connectivity index (χ4n) is 2.37. The zero-order valence-electron chi connectivity index (χ0n) is 14.5. The highest BCUT2D eigenvalue weighted by molar-refractivity contribution is 6.35. The molecule has 0 aromatic heterocycles. The van der Waals surface area contributed by atoms with E-state index in [1.165, 1.54) is 0 Å². The van der Waals surface area contributed by atoms with Gasteiger partial charge in [0.1, 0.15) is 0 Å². The molecule has 2 aromatic rings. The van der Waals surface area contributed by atoms with Crippen molar-refractivity contribution in [1.29, 1.82) is 0 Å². The van der Waals surface area contributed by atoms with Crippen LogP contribution in [0.4, 0.5) is 0 Å². The number of hydrogen-bond acceptors (Lipinski definition) is 2. The van der Waals surface area contributed by atoms with Crippen molar-refractivity contribution < 1.29 is 4.79 Å². The predicted molar refractivity (Wildman–Crippen MR) is 108 cm³/mol. The third kappa shape index (κ3) is 6.24. The van der Waals surface area contributed by atoms with Crippen LogP contribution in [-0.4, -0.2) is 25.0 Å². The summed E-state index contributed by atoms with van der Waals surface area (Å²) < 4.78 is 0. The van der Waals surface area contributed by atoms with Gasteiger partial charge in [0.25, 0.3) is 5.91 Å². The number of nitrogens with one attached hydrogen (secondary N) is 2. The molecule has 0 fully saturated rings.